The van der Waals surface area contributed by atoms with Crippen molar-refractivity contribution in [3.8, 4) is 0 Å². The van der Waals surface area contributed by atoms with Gasteiger partial charge in [0.1, 0.15) is 16.7 Å². The van der Waals surface area contributed by atoms with Crippen LogP contribution in [0, 0.1) is 6.92 Å². The van der Waals surface area contributed by atoms with Crippen molar-refractivity contribution in [2.75, 3.05) is 5.73 Å². The molecule has 2 rings (SSSR count). The van der Waals surface area contributed by atoms with E-state index in [0.717, 1.165) is 27.7 Å². The Labute approximate surface area is 126 Å². The standard InChI is InChI=1S/C13H13Cl2N3S/c1-3-11-17-12(16)7(2)13(18-11)19-10-6-8(14)4-5-9(10)15/h4-6H,3H2,1-2H3,(H2,16,17,18). The molecule has 0 aliphatic heterocycles. The molecule has 0 aliphatic carbocycles. The van der Waals surface area contributed by atoms with E-state index in [9.17, 15) is 0 Å². The summed E-state index contributed by atoms with van der Waals surface area (Å²) >= 11 is 13.6. The van der Waals surface area contributed by atoms with Gasteiger partial charge in [0.05, 0.1) is 5.02 Å². The first-order valence-electron chi connectivity index (χ1n) is 5.77. The monoisotopic (exact) mass is 313 g/mol. The Morgan fingerprint density at radius 2 is 2.00 bits per heavy atom. The van der Waals surface area contributed by atoms with Crippen molar-refractivity contribution >= 4 is 40.8 Å². The van der Waals surface area contributed by atoms with Gasteiger partial charge in [0, 0.05) is 21.9 Å². The van der Waals surface area contributed by atoms with Crippen molar-refractivity contribution in [1.29, 1.82) is 0 Å². The van der Waals surface area contributed by atoms with E-state index in [1.807, 2.05) is 19.9 Å². The van der Waals surface area contributed by atoms with Crippen molar-refractivity contribution in [2.24, 2.45) is 0 Å². The minimum Gasteiger partial charge on any atom is -0.383 e. The van der Waals surface area contributed by atoms with Crippen molar-refractivity contribution in [2.45, 2.75) is 30.2 Å². The van der Waals surface area contributed by atoms with Gasteiger partial charge in [-0.05, 0) is 25.1 Å². The fourth-order valence-electron chi connectivity index (χ4n) is 1.48. The molecule has 1 heterocycles. The smallest absolute Gasteiger partial charge is 0.131 e. The zero-order valence-corrected chi connectivity index (χ0v) is 12.9. The van der Waals surface area contributed by atoms with Crippen molar-refractivity contribution in [1.82, 2.24) is 9.97 Å². The predicted molar refractivity (Wildman–Crippen MR) is 81.1 cm³/mol. The Bertz CT molecular complexity index is 617. The van der Waals surface area contributed by atoms with Gasteiger partial charge in [-0.15, -0.1) is 0 Å². The highest BCUT2D eigenvalue weighted by molar-refractivity contribution is 7.99. The fourth-order valence-corrected chi connectivity index (χ4v) is 2.91. The van der Waals surface area contributed by atoms with Gasteiger partial charge in [-0.3, -0.25) is 0 Å². The van der Waals surface area contributed by atoms with Crippen LogP contribution < -0.4 is 5.73 Å². The van der Waals surface area contributed by atoms with Gasteiger partial charge < -0.3 is 5.73 Å². The van der Waals surface area contributed by atoms with E-state index in [-0.39, 0.29) is 0 Å². The summed E-state index contributed by atoms with van der Waals surface area (Å²) in [6, 6.07) is 5.34. The summed E-state index contributed by atoms with van der Waals surface area (Å²) in [6.07, 6.45) is 0.737. The summed E-state index contributed by atoms with van der Waals surface area (Å²) < 4.78 is 0. The molecule has 0 saturated carbocycles. The van der Waals surface area contributed by atoms with E-state index in [4.69, 9.17) is 28.9 Å². The lowest BCUT2D eigenvalue weighted by atomic mass is 10.3. The molecule has 2 N–H and O–H groups in total. The van der Waals surface area contributed by atoms with E-state index in [2.05, 4.69) is 9.97 Å². The molecule has 3 nitrogen and oxygen atoms in total. The summed E-state index contributed by atoms with van der Waals surface area (Å²) in [5.41, 5.74) is 6.75. The number of hydrogen-bond donors (Lipinski definition) is 1. The molecule has 0 spiro atoms. The second-order valence-electron chi connectivity index (χ2n) is 3.99. The van der Waals surface area contributed by atoms with Gasteiger partial charge >= 0.3 is 0 Å². The summed E-state index contributed by atoms with van der Waals surface area (Å²) in [4.78, 5) is 9.57. The number of nitrogens with two attached hydrogens (primary N) is 1. The highest BCUT2D eigenvalue weighted by Crippen LogP contribution is 2.36. The molecule has 0 bridgehead atoms. The van der Waals surface area contributed by atoms with Crippen LogP contribution in [0.15, 0.2) is 28.1 Å². The lowest BCUT2D eigenvalue weighted by Gasteiger charge is -2.10. The van der Waals surface area contributed by atoms with Gasteiger partial charge in [-0.2, -0.15) is 0 Å². The normalized spacial score (nSPS) is 10.7. The maximum Gasteiger partial charge on any atom is 0.131 e. The van der Waals surface area contributed by atoms with E-state index in [1.54, 1.807) is 12.1 Å². The Morgan fingerprint density at radius 3 is 2.68 bits per heavy atom. The largest absolute Gasteiger partial charge is 0.383 e. The lowest BCUT2D eigenvalue weighted by Crippen LogP contribution is -2.03. The number of halogens is 2. The first kappa shape index (κ1) is 14.4. The first-order valence-corrected chi connectivity index (χ1v) is 7.34. The van der Waals surface area contributed by atoms with Gasteiger partial charge in [-0.25, -0.2) is 9.97 Å². The molecule has 0 amide bonds. The Kier molecular flexibility index (Phi) is 4.55. The first-order chi connectivity index (χ1) is 9.01. The van der Waals surface area contributed by atoms with Crippen LogP contribution in [0.2, 0.25) is 10.0 Å². The average molecular weight is 314 g/mol. The Morgan fingerprint density at radius 1 is 1.26 bits per heavy atom. The summed E-state index contributed by atoms with van der Waals surface area (Å²) in [7, 11) is 0. The highest BCUT2D eigenvalue weighted by Gasteiger charge is 2.11. The SMILES string of the molecule is CCc1nc(N)c(C)c(Sc2cc(Cl)ccc2Cl)n1. The highest BCUT2D eigenvalue weighted by atomic mass is 35.5. The number of benzene rings is 1. The minimum atomic E-state index is 0.507. The number of hydrogen-bond acceptors (Lipinski definition) is 4. The predicted octanol–water partition coefficient (Wildman–Crippen LogP) is 4.39. The molecule has 0 saturated heterocycles. The summed E-state index contributed by atoms with van der Waals surface area (Å²) in [5, 5.41) is 2.10. The number of anilines is 1. The van der Waals surface area contributed by atoms with Crippen LogP contribution in [0.1, 0.15) is 18.3 Å². The third-order valence-electron chi connectivity index (χ3n) is 2.60. The average Bonchev–Trinajstić information content (AvgIpc) is 2.38. The molecule has 0 aliphatic rings. The maximum atomic E-state index is 6.16. The fraction of sp³-hybridized carbons (Fsp3) is 0.231. The van der Waals surface area contributed by atoms with E-state index in [0.29, 0.717) is 15.9 Å². The van der Waals surface area contributed by atoms with Gasteiger partial charge in [0.25, 0.3) is 0 Å². The quantitative estimate of drug-likeness (QED) is 0.854. The second kappa shape index (κ2) is 5.99. The van der Waals surface area contributed by atoms with Crippen molar-refractivity contribution in [3.63, 3.8) is 0 Å². The lowest BCUT2D eigenvalue weighted by molar-refractivity contribution is 0.878. The molecule has 19 heavy (non-hydrogen) atoms. The van der Waals surface area contributed by atoms with Crippen LogP contribution in [0.3, 0.4) is 0 Å². The van der Waals surface area contributed by atoms with Crippen LogP contribution >= 0.6 is 35.0 Å². The Balaban J connectivity index is 2.42. The van der Waals surface area contributed by atoms with E-state index < -0.39 is 0 Å². The topological polar surface area (TPSA) is 51.8 Å². The zero-order valence-electron chi connectivity index (χ0n) is 10.6. The molecule has 0 atom stereocenters. The molecular formula is C13H13Cl2N3S. The van der Waals surface area contributed by atoms with Gasteiger partial charge in [0.15, 0.2) is 0 Å². The van der Waals surface area contributed by atoms with Crippen LogP contribution in [-0.4, -0.2) is 9.97 Å². The molecule has 1 aromatic carbocycles. The van der Waals surface area contributed by atoms with Gasteiger partial charge in [-0.1, -0.05) is 41.9 Å². The van der Waals surface area contributed by atoms with Crippen molar-refractivity contribution < 1.29 is 0 Å². The summed E-state index contributed by atoms with van der Waals surface area (Å²) in [6.45, 7) is 3.89. The van der Waals surface area contributed by atoms with Gasteiger partial charge in [0.2, 0.25) is 0 Å². The van der Waals surface area contributed by atoms with Crippen LogP contribution in [0.25, 0.3) is 0 Å². The number of rotatable bonds is 3. The van der Waals surface area contributed by atoms with Crippen LogP contribution in [0.4, 0.5) is 5.82 Å². The molecule has 0 fully saturated rings. The summed E-state index contributed by atoms with van der Waals surface area (Å²) in [5.74, 6) is 1.23. The number of aryl methyl sites for hydroxylation is 1. The molecule has 0 unspecified atom stereocenters. The zero-order chi connectivity index (χ0) is 14.0. The molecule has 1 aromatic heterocycles. The molecule has 2 aromatic rings. The molecule has 6 heteroatoms. The maximum absolute atomic E-state index is 6.16. The van der Waals surface area contributed by atoms with E-state index >= 15 is 0 Å². The van der Waals surface area contributed by atoms with Crippen LogP contribution in [0.5, 0.6) is 0 Å². The minimum absolute atomic E-state index is 0.507. The molecular weight excluding hydrogens is 301 g/mol. The second-order valence-corrected chi connectivity index (χ2v) is 5.86. The number of aromatic nitrogens is 2. The third kappa shape index (κ3) is 3.32. The van der Waals surface area contributed by atoms with Crippen molar-refractivity contribution in [3.05, 3.63) is 39.6 Å². The number of nitrogens with zero attached hydrogens (tertiary/aromatic N) is 2. The number of nitrogen functional groups attached to an aromatic ring is 1. The molecule has 0 radical (unpaired) electrons. The van der Waals surface area contributed by atoms with E-state index in [1.165, 1.54) is 11.8 Å². The van der Waals surface area contributed by atoms with Crippen LogP contribution in [-0.2, 0) is 6.42 Å². The molecule has 100 valence electrons. The Hall–Kier alpha value is -0.970. The third-order valence-corrected chi connectivity index (χ3v) is 4.43.